The summed E-state index contributed by atoms with van der Waals surface area (Å²) in [6.45, 7) is 6.12. The van der Waals surface area contributed by atoms with Gasteiger partial charge in [0.15, 0.2) is 0 Å². The normalized spacial score (nSPS) is 24.6. The number of hydrogen-bond donors (Lipinski definition) is 2. The Morgan fingerprint density at radius 2 is 1.70 bits per heavy atom. The van der Waals surface area contributed by atoms with Crippen LogP contribution in [0.5, 0.6) is 5.75 Å². The van der Waals surface area contributed by atoms with Gasteiger partial charge in [-0.3, -0.25) is 9.59 Å². The summed E-state index contributed by atoms with van der Waals surface area (Å²) in [6, 6.07) is 5.29. The molecule has 1 aliphatic heterocycles. The lowest BCUT2D eigenvalue weighted by atomic mass is 9.83. The second-order valence-electron chi connectivity index (χ2n) is 14.0. The number of fused-ring (bicyclic) bond motifs is 3. The number of anilines is 1. The minimum atomic E-state index is -4.92. The van der Waals surface area contributed by atoms with Crippen LogP contribution in [0, 0.1) is 29.5 Å². The van der Waals surface area contributed by atoms with Gasteiger partial charge in [-0.1, -0.05) is 11.6 Å². The quantitative estimate of drug-likeness (QED) is 0.261. The lowest BCUT2D eigenvalue weighted by Gasteiger charge is -2.32. The fourth-order valence-electron chi connectivity index (χ4n) is 7.25. The van der Waals surface area contributed by atoms with E-state index in [1.54, 1.807) is 37.8 Å². The van der Waals surface area contributed by atoms with E-state index in [-0.39, 0.29) is 17.5 Å². The van der Waals surface area contributed by atoms with Gasteiger partial charge in [0, 0.05) is 30.7 Å². The molecule has 0 aromatic heterocycles. The van der Waals surface area contributed by atoms with Gasteiger partial charge < -0.3 is 25.0 Å². The summed E-state index contributed by atoms with van der Waals surface area (Å²) in [4.78, 5) is 42.0. The standard InChI is InChI=1S/C35H39F4N3O5/c1-34(2,3)47-33(45)42-12-11-19-14-25(28(46-4)15-20(19)17-42)31(43)41-30-23-9-8-22(24(23)13-18-5-6-18)29(30)32(44)40-21-7-10-27(36)26(16-21)35(37,38)39/h7,10,13-16,18,22-23,29-30H,5-6,8-9,11-12,17H2,1-4H3,(H,40,44)(H,41,43)/b24-13-/t22-,23+,29-,30+/m0/s1. The van der Waals surface area contributed by atoms with Crippen molar-refractivity contribution >= 4 is 23.6 Å². The van der Waals surface area contributed by atoms with Gasteiger partial charge in [0.25, 0.3) is 5.91 Å². The van der Waals surface area contributed by atoms with Crippen LogP contribution < -0.4 is 15.4 Å². The van der Waals surface area contributed by atoms with Crippen molar-refractivity contribution < 1.29 is 41.4 Å². The molecule has 2 aromatic carbocycles. The molecule has 0 saturated heterocycles. The van der Waals surface area contributed by atoms with Crippen LogP contribution in [0.4, 0.5) is 28.0 Å². The predicted octanol–water partition coefficient (Wildman–Crippen LogP) is 6.88. The maximum absolute atomic E-state index is 13.9. The van der Waals surface area contributed by atoms with Gasteiger partial charge in [-0.05, 0) is 106 Å². The Morgan fingerprint density at radius 1 is 0.979 bits per heavy atom. The van der Waals surface area contributed by atoms with Gasteiger partial charge in [-0.15, -0.1) is 0 Å². The Bertz CT molecular complexity index is 1630. The molecule has 6 rings (SSSR count). The second-order valence-corrected chi connectivity index (χ2v) is 14.0. The van der Waals surface area contributed by atoms with Crippen LogP contribution in [0.25, 0.3) is 0 Å². The average Bonchev–Trinajstić information content (AvgIpc) is 3.67. The van der Waals surface area contributed by atoms with Crippen molar-refractivity contribution in [3.8, 4) is 5.75 Å². The Labute approximate surface area is 270 Å². The molecule has 2 N–H and O–H groups in total. The monoisotopic (exact) mass is 657 g/mol. The number of rotatable bonds is 6. The number of hydrogen-bond acceptors (Lipinski definition) is 5. The number of nitrogens with one attached hydrogen (secondary N) is 2. The van der Waals surface area contributed by atoms with Crippen molar-refractivity contribution in [3.63, 3.8) is 0 Å². The van der Waals surface area contributed by atoms with Crippen LogP contribution in [0.1, 0.15) is 73.5 Å². The van der Waals surface area contributed by atoms with Gasteiger partial charge in [-0.25, -0.2) is 9.18 Å². The molecule has 4 atom stereocenters. The number of nitrogens with zero attached hydrogens (tertiary/aromatic N) is 1. The first-order valence-corrected chi connectivity index (χ1v) is 16.0. The zero-order valence-corrected chi connectivity index (χ0v) is 26.8. The molecule has 3 aliphatic carbocycles. The first kappa shape index (κ1) is 32.8. The molecule has 3 amide bonds. The van der Waals surface area contributed by atoms with E-state index < -0.39 is 53.0 Å². The molecular formula is C35H39F4N3O5. The first-order chi connectivity index (χ1) is 22.1. The summed E-state index contributed by atoms with van der Waals surface area (Å²) in [6.07, 6.45) is 0.990. The zero-order chi connectivity index (χ0) is 33.8. The van der Waals surface area contributed by atoms with Crippen LogP contribution in [0.2, 0.25) is 0 Å². The number of carbonyl (C=O) groups is 3. The average molecular weight is 658 g/mol. The van der Waals surface area contributed by atoms with Crippen molar-refractivity contribution in [1.82, 2.24) is 10.2 Å². The van der Waals surface area contributed by atoms with E-state index >= 15 is 0 Å². The van der Waals surface area contributed by atoms with E-state index in [1.807, 2.05) is 0 Å². The summed E-state index contributed by atoms with van der Waals surface area (Å²) in [5, 5.41) is 5.68. The topological polar surface area (TPSA) is 97.0 Å². The Kier molecular flexibility index (Phi) is 8.50. The molecule has 8 nitrogen and oxygen atoms in total. The molecule has 1 heterocycles. The van der Waals surface area contributed by atoms with Crippen LogP contribution in [0.15, 0.2) is 42.0 Å². The lowest BCUT2D eigenvalue weighted by Crippen LogP contribution is -2.48. The molecule has 2 aromatic rings. The van der Waals surface area contributed by atoms with E-state index in [9.17, 15) is 31.9 Å². The van der Waals surface area contributed by atoms with Crippen molar-refractivity contribution in [2.45, 2.75) is 77.2 Å². The first-order valence-electron chi connectivity index (χ1n) is 16.0. The molecule has 0 unspecified atom stereocenters. The Morgan fingerprint density at radius 3 is 2.36 bits per heavy atom. The molecule has 3 fully saturated rings. The number of benzene rings is 2. The summed E-state index contributed by atoms with van der Waals surface area (Å²) in [5.41, 5.74) is 0.873. The van der Waals surface area contributed by atoms with Crippen molar-refractivity contribution in [3.05, 3.63) is 70.1 Å². The minimum absolute atomic E-state index is 0.0923. The van der Waals surface area contributed by atoms with E-state index in [1.165, 1.54) is 7.11 Å². The molecule has 4 aliphatic rings. The smallest absolute Gasteiger partial charge is 0.419 e. The van der Waals surface area contributed by atoms with Gasteiger partial charge >= 0.3 is 12.3 Å². The molecule has 252 valence electrons. The number of methoxy groups -OCH3 is 1. The van der Waals surface area contributed by atoms with Crippen LogP contribution >= 0.6 is 0 Å². The van der Waals surface area contributed by atoms with Gasteiger partial charge in [0.05, 0.1) is 24.2 Å². The molecular weight excluding hydrogens is 618 g/mol. The molecule has 2 bridgehead atoms. The molecule has 0 radical (unpaired) electrons. The van der Waals surface area contributed by atoms with Gasteiger partial charge in [0.2, 0.25) is 5.91 Å². The number of ether oxygens (including phenoxy) is 2. The predicted molar refractivity (Wildman–Crippen MR) is 165 cm³/mol. The summed E-state index contributed by atoms with van der Waals surface area (Å²) < 4.78 is 65.2. The number of alkyl halides is 3. The van der Waals surface area contributed by atoms with Crippen molar-refractivity contribution in [2.75, 3.05) is 19.0 Å². The van der Waals surface area contributed by atoms with Gasteiger partial charge in [-0.2, -0.15) is 13.2 Å². The third-order valence-electron chi connectivity index (χ3n) is 9.52. The highest BCUT2D eigenvalue weighted by atomic mass is 19.4. The zero-order valence-electron chi connectivity index (χ0n) is 26.8. The molecule has 12 heteroatoms. The summed E-state index contributed by atoms with van der Waals surface area (Å²) in [7, 11) is 1.45. The summed E-state index contributed by atoms with van der Waals surface area (Å²) >= 11 is 0. The molecule has 47 heavy (non-hydrogen) atoms. The number of amides is 3. The highest BCUT2D eigenvalue weighted by Gasteiger charge is 2.55. The fraction of sp³-hybridized carbons (Fsp3) is 0.514. The molecule has 3 saturated carbocycles. The van der Waals surface area contributed by atoms with Crippen LogP contribution in [0.3, 0.4) is 0 Å². The fourth-order valence-corrected chi connectivity index (χ4v) is 7.25. The second kappa shape index (κ2) is 12.2. The maximum Gasteiger partial charge on any atom is 0.419 e. The number of carbonyl (C=O) groups excluding carboxylic acids is 3. The van der Waals surface area contributed by atoms with Crippen LogP contribution in [-0.2, 0) is 28.7 Å². The Balaban J connectivity index is 1.25. The Hall–Kier alpha value is -4.09. The lowest BCUT2D eigenvalue weighted by molar-refractivity contribution is -0.140. The number of halogens is 4. The summed E-state index contributed by atoms with van der Waals surface area (Å²) in [5.74, 6) is -2.62. The van der Waals surface area contributed by atoms with E-state index in [0.717, 1.165) is 48.4 Å². The van der Waals surface area contributed by atoms with E-state index in [0.29, 0.717) is 48.9 Å². The third kappa shape index (κ3) is 6.82. The van der Waals surface area contributed by atoms with Gasteiger partial charge in [0.1, 0.15) is 17.2 Å². The third-order valence-corrected chi connectivity index (χ3v) is 9.52. The van der Waals surface area contributed by atoms with Crippen LogP contribution in [-0.4, -0.2) is 48.1 Å². The largest absolute Gasteiger partial charge is 0.496 e. The molecule has 0 spiro atoms. The van der Waals surface area contributed by atoms with Crippen molar-refractivity contribution in [2.24, 2.45) is 23.7 Å². The van der Waals surface area contributed by atoms with Crippen molar-refractivity contribution in [1.29, 1.82) is 0 Å². The van der Waals surface area contributed by atoms with E-state index in [2.05, 4.69) is 16.7 Å². The minimum Gasteiger partial charge on any atom is -0.496 e. The van der Waals surface area contributed by atoms with E-state index in [4.69, 9.17) is 9.47 Å². The highest BCUT2D eigenvalue weighted by Crippen LogP contribution is 2.54. The highest BCUT2D eigenvalue weighted by molar-refractivity contribution is 5.99. The SMILES string of the molecule is COc1cc2c(cc1C(=O)N[C@H]1[C@@H](C(=O)Nc3ccc(F)c(C(F)(F)F)c3)[C@H]3CC[C@@H]1/C3=C\C1CC1)CCN(C(=O)OC(C)(C)C)C2. The maximum atomic E-state index is 13.9. The number of allylic oxidation sites excluding steroid dienone is 1.